The standard InChI is InChI=1S/C20H24N4O2/c1-2-16-7-3-4-8-17(16)22-19(25)15-20(26)24-13-11-23(12-14-24)18-9-5-6-10-21-18/h3-10H,2,11-15H2,1H3,(H,22,25). The van der Waals surface area contributed by atoms with Gasteiger partial charge in [-0.15, -0.1) is 0 Å². The Morgan fingerprint density at radius 3 is 2.46 bits per heavy atom. The fourth-order valence-corrected chi connectivity index (χ4v) is 3.12. The summed E-state index contributed by atoms with van der Waals surface area (Å²) in [4.78, 5) is 32.9. The summed E-state index contributed by atoms with van der Waals surface area (Å²) in [5.74, 6) is 0.536. The number of aromatic nitrogens is 1. The number of hydrogen-bond acceptors (Lipinski definition) is 4. The minimum absolute atomic E-state index is 0.123. The SMILES string of the molecule is CCc1ccccc1NC(=O)CC(=O)N1CCN(c2ccccn2)CC1. The second kappa shape index (κ2) is 8.47. The Balaban J connectivity index is 1.50. The van der Waals surface area contributed by atoms with Crippen LogP contribution in [-0.4, -0.2) is 47.9 Å². The Morgan fingerprint density at radius 1 is 1.04 bits per heavy atom. The number of anilines is 2. The van der Waals surface area contributed by atoms with Crippen LogP contribution in [0.3, 0.4) is 0 Å². The van der Waals surface area contributed by atoms with Crippen LogP contribution >= 0.6 is 0 Å². The minimum Gasteiger partial charge on any atom is -0.353 e. The third-order valence-electron chi connectivity index (χ3n) is 4.59. The Morgan fingerprint density at radius 2 is 1.77 bits per heavy atom. The molecule has 1 aliphatic heterocycles. The van der Waals surface area contributed by atoms with Gasteiger partial charge in [0.1, 0.15) is 12.2 Å². The van der Waals surface area contributed by atoms with Crippen molar-refractivity contribution in [1.82, 2.24) is 9.88 Å². The van der Waals surface area contributed by atoms with Gasteiger partial charge >= 0.3 is 0 Å². The van der Waals surface area contributed by atoms with E-state index in [0.29, 0.717) is 13.1 Å². The highest BCUT2D eigenvalue weighted by atomic mass is 16.2. The number of amides is 2. The van der Waals surface area contributed by atoms with Crippen molar-refractivity contribution in [3.05, 3.63) is 54.2 Å². The third kappa shape index (κ3) is 4.39. The lowest BCUT2D eigenvalue weighted by atomic mass is 10.1. The van der Waals surface area contributed by atoms with E-state index in [9.17, 15) is 9.59 Å². The molecular weight excluding hydrogens is 328 g/mol. The predicted molar refractivity (Wildman–Crippen MR) is 102 cm³/mol. The Bertz CT molecular complexity index is 755. The molecule has 3 rings (SSSR count). The largest absolute Gasteiger partial charge is 0.353 e. The van der Waals surface area contributed by atoms with Crippen molar-refractivity contribution in [1.29, 1.82) is 0 Å². The van der Waals surface area contributed by atoms with Gasteiger partial charge in [-0.25, -0.2) is 4.98 Å². The van der Waals surface area contributed by atoms with Crippen LogP contribution in [0.15, 0.2) is 48.7 Å². The maximum atomic E-state index is 12.4. The number of carbonyl (C=O) groups is 2. The number of hydrogen-bond donors (Lipinski definition) is 1. The lowest BCUT2D eigenvalue weighted by molar-refractivity contribution is -0.134. The van der Waals surface area contributed by atoms with Crippen molar-refractivity contribution in [3.63, 3.8) is 0 Å². The third-order valence-corrected chi connectivity index (χ3v) is 4.59. The quantitative estimate of drug-likeness (QED) is 0.839. The first kappa shape index (κ1) is 17.9. The van der Waals surface area contributed by atoms with Gasteiger partial charge in [0.15, 0.2) is 0 Å². The van der Waals surface area contributed by atoms with Crippen LogP contribution in [0.25, 0.3) is 0 Å². The van der Waals surface area contributed by atoms with Crippen molar-refractivity contribution >= 4 is 23.3 Å². The zero-order valence-electron chi connectivity index (χ0n) is 15.0. The van der Waals surface area contributed by atoms with Crippen LogP contribution in [0.2, 0.25) is 0 Å². The highest BCUT2D eigenvalue weighted by Gasteiger charge is 2.23. The normalized spacial score (nSPS) is 14.2. The van der Waals surface area contributed by atoms with E-state index in [2.05, 4.69) is 15.2 Å². The summed E-state index contributed by atoms with van der Waals surface area (Å²) >= 11 is 0. The summed E-state index contributed by atoms with van der Waals surface area (Å²) in [6.45, 7) is 4.70. The number of benzene rings is 1. The van der Waals surface area contributed by atoms with Crippen LogP contribution in [0.5, 0.6) is 0 Å². The molecule has 0 bridgehead atoms. The summed E-state index contributed by atoms with van der Waals surface area (Å²) in [6, 6.07) is 13.5. The summed E-state index contributed by atoms with van der Waals surface area (Å²) < 4.78 is 0. The van der Waals surface area contributed by atoms with Crippen LogP contribution in [-0.2, 0) is 16.0 Å². The molecule has 1 saturated heterocycles. The molecule has 0 unspecified atom stereocenters. The van der Waals surface area contributed by atoms with E-state index < -0.39 is 0 Å². The van der Waals surface area contributed by atoms with E-state index in [-0.39, 0.29) is 18.2 Å². The fraction of sp³-hybridized carbons (Fsp3) is 0.350. The number of para-hydroxylation sites is 1. The molecule has 2 aromatic rings. The topological polar surface area (TPSA) is 65.5 Å². The molecule has 6 nitrogen and oxygen atoms in total. The monoisotopic (exact) mass is 352 g/mol. The average Bonchev–Trinajstić information content (AvgIpc) is 2.69. The summed E-state index contributed by atoms with van der Waals surface area (Å²) in [5, 5.41) is 2.86. The second-order valence-electron chi connectivity index (χ2n) is 6.29. The first-order valence-electron chi connectivity index (χ1n) is 8.99. The summed E-state index contributed by atoms with van der Waals surface area (Å²) in [6.07, 6.45) is 2.48. The van der Waals surface area contributed by atoms with Crippen LogP contribution in [0, 0.1) is 0 Å². The summed E-state index contributed by atoms with van der Waals surface area (Å²) in [5.41, 5.74) is 1.85. The first-order valence-corrected chi connectivity index (χ1v) is 8.99. The lowest BCUT2D eigenvalue weighted by Crippen LogP contribution is -2.49. The Kier molecular flexibility index (Phi) is 5.84. The molecule has 2 amide bonds. The van der Waals surface area contributed by atoms with Crippen LogP contribution in [0.4, 0.5) is 11.5 Å². The maximum absolute atomic E-state index is 12.4. The molecule has 0 spiro atoms. The zero-order chi connectivity index (χ0) is 18.4. The van der Waals surface area contributed by atoms with Gasteiger partial charge in [-0.3, -0.25) is 9.59 Å². The molecule has 0 aliphatic carbocycles. The summed E-state index contributed by atoms with van der Waals surface area (Å²) in [7, 11) is 0. The van der Waals surface area contributed by atoms with Crippen LogP contribution in [0.1, 0.15) is 18.9 Å². The van der Waals surface area contributed by atoms with E-state index in [1.165, 1.54) is 0 Å². The van der Waals surface area contributed by atoms with E-state index in [0.717, 1.165) is 36.6 Å². The molecule has 26 heavy (non-hydrogen) atoms. The molecular formula is C20H24N4O2. The molecule has 136 valence electrons. The van der Waals surface area contributed by atoms with Crippen molar-refractivity contribution in [2.24, 2.45) is 0 Å². The van der Waals surface area contributed by atoms with Gasteiger partial charge in [0.05, 0.1) is 0 Å². The lowest BCUT2D eigenvalue weighted by Gasteiger charge is -2.35. The molecule has 0 atom stereocenters. The number of pyridine rings is 1. The fourth-order valence-electron chi connectivity index (χ4n) is 3.12. The number of aryl methyl sites for hydroxylation is 1. The van der Waals surface area contributed by atoms with Gasteiger partial charge in [-0.05, 0) is 30.2 Å². The van der Waals surface area contributed by atoms with E-state index >= 15 is 0 Å². The average molecular weight is 352 g/mol. The predicted octanol–water partition coefficient (Wildman–Crippen LogP) is 2.32. The van der Waals surface area contributed by atoms with Crippen molar-refractivity contribution < 1.29 is 9.59 Å². The van der Waals surface area contributed by atoms with Gasteiger partial charge in [0, 0.05) is 38.1 Å². The van der Waals surface area contributed by atoms with Gasteiger partial charge in [-0.2, -0.15) is 0 Å². The molecule has 2 heterocycles. The maximum Gasteiger partial charge on any atom is 0.233 e. The smallest absolute Gasteiger partial charge is 0.233 e. The number of piperazine rings is 1. The number of carbonyl (C=O) groups excluding carboxylic acids is 2. The number of nitrogens with one attached hydrogen (secondary N) is 1. The second-order valence-corrected chi connectivity index (χ2v) is 6.29. The molecule has 1 aromatic heterocycles. The molecule has 1 aromatic carbocycles. The molecule has 1 aliphatic rings. The molecule has 6 heteroatoms. The highest BCUT2D eigenvalue weighted by molar-refractivity contribution is 6.03. The van der Waals surface area contributed by atoms with Gasteiger partial charge in [-0.1, -0.05) is 31.2 Å². The zero-order valence-corrected chi connectivity index (χ0v) is 15.0. The van der Waals surface area contributed by atoms with E-state index in [1.807, 2.05) is 49.4 Å². The minimum atomic E-state index is -0.261. The molecule has 0 saturated carbocycles. The Hall–Kier alpha value is -2.89. The van der Waals surface area contributed by atoms with Crippen LogP contribution < -0.4 is 10.2 Å². The van der Waals surface area contributed by atoms with Crippen molar-refractivity contribution in [2.75, 3.05) is 36.4 Å². The first-order chi connectivity index (χ1) is 12.7. The molecule has 1 N–H and O–H groups in total. The van der Waals surface area contributed by atoms with Gasteiger partial charge in [0.2, 0.25) is 11.8 Å². The Labute approximate surface area is 153 Å². The van der Waals surface area contributed by atoms with E-state index in [4.69, 9.17) is 0 Å². The van der Waals surface area contributed by atoms with Crippen molar-refractivity contribution in [3.8, 4) is 0 Å². The number of rotatable bonds is 5. The van der Waals surface area contributed by atoms with Crippen molar-refractivity contribution in [2.45, 2.75) is 19.8 Å². The van der Waals surface area contributed by atoms with E-state index in [1.54, 1.807) is 11.1 Å². The number of nitrogens with zero attached hydrogens (tertiary/aromatic N) is 3. The molecule has 0 radical (unpaired) electrons. The van der Waals surface area contributed by atoms with Gasteiger partial charge in [0.25, 0.3) is 0 Å². The van der Waals surface area contributed by atoms with Gasteiger partial charge < -0.3 is 15.1 Å². The molecule has 1 fully saturated rings. The highest BCUT2D eigenvalue weighted by Crippen LogP contribution is 2.16.